The summed E-state index contributed by atoms with van der Waals surface area (Å²) in [5.74, 6) is 0. The molecule has 0 fully saturated rings. The van der Waals surface area contributed by atoms with Crippen molar-refractivity contribution < 1.29 is 21.6 Å². The van der Waals surface area contributed by atoms with Gasteiger partial charge in [-0.15, -0.1) is 0 Å². The normalized spacial score (nSPS) is 12.2. The Balaban J connectivity index is 2.27. The van der Waals surface area contributed by atoms with Gasteiger partial charge < -0.3 is 0 Å². The van der Waals surface area contributed by atoms with Crippen LogP contribution in [0.5, 0.6) is 0 Å². The molecule has 0 bridgehead atoms. The first-order valence-electron chi connectivity index (χ1n) is 7.78. The molecule has 0 aliphatic carbocycles. The van der Waals surface area contributed by atoms with E-state index < -0.39 is 31.8 Å². The van der Waals surface area contributed by atoms with Gasteiger partial charge in [-0.2, -0.15) is 13.2 Å². The lowest BCUT2D eigenvalue weighted by atomic mass is 9.94. The van der Waals surface area contributed by atoms with Gasteiger partial charge in [-0.05, 0) is 34.9 Å². The molecule has 0 atom stereocenters. The molecule has 28 heavy (non-hydrogen) atoms. The van der Waals surface area contributed by atoms with Crippen molar-refractivity contribution in [3.63, 3.8) is 0 Å². The van der Waals surface area contributed by atoms with Crippen LogP contribution in [-0.4, -0.2) is 8.42 Å². The fourth-order valence-corrected chi connectivity index (χ4v) is 4.36. The largest absolute Gasteiger partial charge is 0.419 e. The molecule has 2 N–H and O–H groups in total. The maximum Gasteiger partial charge on any atom is 0.419 e. The van der Waals surface area contributed by atoms with Gasteiger partial charge in [0.1, 0.15) is 0 Å². The standard InChI is InChI=1S/C19H12Cl2F3NO2S/c20-15-9-11(10-16(21)18(15)19(22,23)24)12-5-1-2-6-13(12)14-7-3-4-8-17(14)28(25,26)27/h1-10H,(H2,25,26,27). The monoisotopic (exact) mass is 445 g/mol. The lowest BCUT2D eigenvalue weighted by molar-refractivity contribution is -0.137. The first-order chi connectivity index (χ1) is 13.0. The van der Waals surface area contributed by atoms with Gasteiger partial charge in [0.25, 0.3) is 0 Å². The molecule has 0 aromatic heterocycles. The molecule has 3 aromatic rings. The quantitative estimate of drug-likeness (QED) is 0.537. The number of hydrogen-bond acceptors (Lipinski definition) is 2. The number of benzene rings is 3. The Bertz CT molecular complexity index is 1140. The Hall–Kier alpha value is -2.06. The molecule has 0 aliphatic heterocycles. The number of hydrogen-bond donors (Lipinski definition) is 1. The third kappa shape index (κ3) is 4.03. The lowest BCUT2D eigenvalue weighted by Crippen LogP contribution is -2.13. The summed E-state index contributed by atoms with van der Waals surface area (Å²) in [6, 6.07) is 15.0. The van der Waals surface area contributed by atoms with E-state index in [1.54, 1.807) is 36.4 Å². The highest BCUT2D eigenvalue weighted by Crippen LogP contribution is 2.43. The summed E-state index contributed by atoms with van der Waals surface area (Å²) in [5.41, 5.74) is 0.410. The summed E-state index contributed by atoms with van der Waals surface area (Å²) in [6.07, 6.45) is -4.70. The SMILES string of the molecule is NS(=O)(=O)c1ccccc1-c1ccccc1-c1cc(Cl)c(C(F)(F)F)c(Cl)c1. The number of sulfonamides is 1. The highest BCUT2D eigenvalue weighted by molar-refractivity contribution is 7.89. The van der Waals surface area contributed by atoms with Crippen molar-refractivity contribution in [1.29, 1.82) is 0 Å². The number of halogens is 5. The molecule has 3 nitrogen and oxygen atoms in total. The summed E-state index contributed by atoms with van der Waals surface area (Å²) in [5, 5.41) is 4.20. The van der Waals surface area contributed by atoms with Gasteiger partial charge in [-0.25, -0.2) is 13.6 Å². The van der Waals surface area contributed by atoms with Crippen LogP contribution >= 0.6 is 23.2 Å². The molecular weight excluding hydrogens is 434 g/mol. The predicted octanol–water partition coefficient (Wildman–Crippen LogP) is 5.99. The third-order valence-corrected chi connectivity index (χ3v) is 5.61. The molecule has 0 unspecified atom stereocenters. The Labute approximate surface area is 169 Å². The molecule has 0 saturated heterocycles. The third-order valence-electron chi connectivity index (χ3n) is 4.05. The van der Waals surface area contributed by atoms with Gasteiger partial charge in [-0.1, -0.05) is 65.7 Å². The van der Waals surface area contributed by atoms with Crippen molar-refractivity contribution >= 4 is 33.2 Å². The summed E-state index contributed by atoms with van der Waals surface area (Å²) in [6.45, 7) is 0. The second kappa shape index (κ2) is 7.40. The predicted molar refractivity (Wildman–Crippen MR) is 104 cm³/mol. The summed E-state index contributed by atoms with van der Waals surface area (Å²) >= 11 is 11.7. The number of primary sulfonamides is 1. The van der Waals surface area contributed by atoms with Crippen LogP contribution in [0, 0.1) is 0 Å². The molecule has 9 heteroatoms. The molecular formula is C19H12Cl2F3NO2S. The van der Waals surface area contributed by atoms with Crippen molar-refractivity contribution in [3.8, 4) is 22.3 Å². The summed E-state index contributed by atoms with van der Waals surface area (Å²) in [7, 11) is -4.02. The van der Waals surface area contributed by atoms with Crippen LogP contribution in [0.3, 0.4) is 0 Å². The van der Waals surface area contributed by atoms with Crippen LogP contribution in [0.2, 0.25) is 10.0 Å². The minimum atomic E-state index is -4.70. The molecule has 0 saturated carbocycles. The van der Waals surface area contributed by atoms with E-state index >= 15 is 0 Å². The molecule has 3 aromatic carbocycles. The topological polar surface area (TPSA) is 60.2 Å². The van der Waals surface area contributed by atoms with E-state index in [1.165, 1.54) is 12.1 Å². The van der Waals surface area contributed by atoms with Gasteiger partial charge in [0.15, 0.2) is 0 Å². The minimum absolute atomic E-state index is 0.105. The highest BCUT2D eigenvalue weighted by Gasteiger charge is 2.36. The van der Waals surface area contributed by atoms with E-state index in [2.05, 4.69) is 0 Å². The number of nitrogens with two attached hydrogens (primary N) is 1. The fraction of sp³-hybridized carbons (Fsp3) is 0.0526. The first kappa shape index (κ1) is 20.7. The van der Waals surface area contributed by atoms with E-state index in [-0.39, 0.29) is 4.90 Å². The van der Waals surface area contributed by atoms with Crippen LogP contribution < -0.4 is 5.14 Å². The maximum absolute atomic E-state index is 13.1. The molecule has 0 amide bonds. The zero-order valence-corrected chi connectivity index (χ0v) is 16.3. The van der Waals surface area contributed by atoms with E-state index in [0.29, 0.717) is 22.3 Å². The molecule has 3 rings (SSSR count). The number of alkyl halides is 3. The Morgan fingerprint density at radius 1 is 0.786 bits per heavy atom. The molecule has 0 heterocycles. The maximum atomic E-state index is 13.1. The number of rotatable bonds is 3. The van der Waals surface area contributed by atoms with Crippen LogP contribution in [0.4, 0.5) is 13.2 Å². The fourth-order valence-electron chi connectivity index (χ4n) is 2.91. The zero-order chi connectivity index (χ0) is 20.7. The van der Waals surface area contributed by atoms with Gasteiger partial charge in [0.2, 0.25) is 10.0 Å². The molecule has 146 valence electrons. The van der Waals surface area contributed by atoms with Crippen molar-refractivity contribution in [2.24, 2.45) is 5.14 Å². The average Bonchev–Trinajstić information content (AvgIpc) is 2.59. The minimum Gasteiger partial charge on any atom is -0.225 e. The van der Waals surface area contributed by atoms with E-state index in [9.17, 15) is 21.6 Å². The van der Waals surface area contributed by atoms with E-state index in [0.717, 1.165) is 12.1 Å². The molecule has 0 spiro atoms. The first-order valence-corrected chi connectivity index (χ1v) is 10.1. The summed E-state index contributed by atoms with van der Waals surface area (Å²) < 4.78 is 63.3. The van der Waals surface area contributed by atoms with Crippen LogP contribution in [0.1, 0.15) is 5.56 Å². The second-order valence-corrected chi connectivity index (χ2v) is 8.24. The second-order valence-electron chi connectivity index (χ2n) is 5.90. The van der Waals surface area contributed by atoms with Gasteiger partial charge in [-0.3, -0.25) is 0 Å². The molecule has 0 radical (unpaired) electrons. The average molecular weight is 446 g/mol. The van der Waals surface area contributed by atoms with Crippen molar-refractivity contribution in [2.75, 3.05) is 0 Å². The van der Waals surface area contributed by atoms with Gasteiger partial charge in [0.05, 0.1) is 20.5 Å². The summed E-state index contributed by atoms with van der Waals surface area (Å²) in [4.78, 5) is -0.105. The van der Waals surface area contributed by atoms with E-state index in [4.69, 9.17) is 28.3 Å². The molecule has 0 aliphatic rings. The van der Waals surface area contributed by atoms with Crippen molar-refractivity contribution in [3.05, 3.63) is 76.3 Å². The van der Waals surface area contributed by atoms with Crippen LogP contribution in [0.15, 0.2) is 65.6 Å². The Kier molecular flexibility index (Phi) is 5.46. The Morgan fingerprint density at radius 2 is 1.25 bits per heavy atom. The van der Waals surface area contributed by atoms with Gasteiger partial charge >= 0.3 is 6.18 Å². The highest BCUT2D eigenvalue weighted by atomic mass is 35.5. The van der Waals surface area contributed by atoms with Crippen molar-refractivity contribution in [2.45, 2.75) is 11.1 Å². The van der Waals surface area contributed by atoms with Crippen LogP contribution in [-0.2, 0) is 16.2 Å². The van der Waals surface area contributed by atoms with Gasteiger partial charge in [0, 0.05) is 5.56 Å². The zero-order valence-electron chi connectivity index (χ0n) is 14.0. The lowest BCUT2D eigenvalue weighted by Gasteiger charge is -2.16. The van der Waals surface area contributed by atoms with E-state index in [1.807, 2.05) is 0 Å². The smallest absolute Gasteiger partial charge is 0.225 e. The van der Waals surface area contributed by atoms with Crippen molar-refractivity contribution in [1.82, 2.24) is 0 Å². The Morgan fingerprint density at radius 3 is 1.75 bits per heavy atom. The van der Waals surface area contributed by atoms with Crippen LogP contribution in [0.25, 0.3) is 22.3 Å².